The molecule has 1 aliphatic heterocycles. The molecule has 0 bridgehead atoms. The lowest BCUT2D eigenvalue weighted by Gasteiger charge is -2.21. The van der Waals surface area contributed by atoms with E-state index in [-0.39, 0.29) is 22.5 Å². The van der Waals surface area contributed by atoms with Gasteiger partial charge in [-0.15, -0.1) is 0 Å². The summed E-state index contributed by atoms with van der Waals surface area (Å²) in [4.78, 5) is 27.7. The number of benzene rings is 2. The maximum atomic E-state index is 13.9. The molecule has 0 saturated carbocycles. The molecule has 5 rings (SSSR count). The summed E-state index contributed by atoms with van der Waals surface area (Å²) in [5.74, 6) is -0.0731. The summed E-state index contributed by atoms with van der Waals surface area (Å²) >= 11 is 6.10. The zero-order chi connectivity index (χ0) is 29.1. The van der Waals surface area contributed by atoms with E-state index in [9.17, 15) is 14.0 Å². The van der Waals surface area contributed by atoms with Crippen molar-refractivity contribution in [3.05, 3.63) is 99.2 Å². The van der Waals surface area contributed by atoms with Crippen LogP contribution < -0.4 is 16.2 Å². The molecule has 214 valence electrons. The lowest BCUT2D eigenvalue weighted by molar-refractivity contribution is 0.159. The van der Waals surface area contributed by atoms with E-state index in [0.717, 1.165) is 22.4 Å². The largest absolute Gasteiger partial charge is 0.383 e. The lowest BCUT2D eigenvalue weighted by Crippen LogP contribution is -2.42. The number of methoxy groups -OCH3 is 1. The Bertz CT molecular complexity index is 1610. The van der Waals surface area contributed by atoms with Crippen molar-refractivity contribution in [3.8, 4) is 16.9 Å². The molecule has 1 fully saturated rings. The highest BCUT2D eigenvalue weighted by atomic mass is 35.5. The number of para-hydroxylation sites is 1. The Hall–Kier alpha value is -3.99. The van der Waals surface area contributed by atoms with Crippen molar-refractivity contribution in [1.82, 2.24) is 24.6 Å². The third kappa shape index (κ3) is 6.19. The number of hydrogen-bond acceptors (Lipinski definition) is 5. The summed E-state index contributed by atoms with van der Waals surface area (Å²) in [7, 11) is 3.34. The first kappa shape index (κ1) is 28.5. The summed E-state index contributed by atoms with van der Waals surface area (Å²) in [6.07, 6.45) is 1.72. The maximum absolute atomic E-state index is 13.9. The predicted molar refractivity (Wildman–Crippen MR) is 157 cm³/mol. The fourth-order valence-corrected chi connectivity index (χ4v) is 5.42. The van der Waals surface area contributed by atoms with Crippen molar-refractivity contribution in [1.29, 1.82) is 0 Å². The van der Waals surface area contributed by atoms with Crippen LogP contribution in [0.1, 0.15) is 17.0 Å². The molecule has 1 saturated heterocycles. The van der Waals surface area contributed by atoms with E-state index in [2.05, 4.69) is 15.5 Å². The summed E-state index contributed by atoms with van der Waals surface area (Å²) in [6.45, 7) is 4.39. The topological polar surface area (TPSA) is 93.4 Å². The number of urea groups is 1. The van der Waals surface area contributed by atoms with Gasteiger partial charge in [-0.2, -0.15) is 5.10 Å². The summed E-state index contributed by atoms with van der Waals surface area (Å²) in [5.41, 5.74) is 3.64. The number of aromatic nitrogens is 3. The Morgan fingerprint density at radius 3 is 2.63 bits per heavy atom. The summed E-state index contributed by atoms with van der Waals surface area (Å²) in [6, 6.07) is 16.8. The van der Waals surface area contributed by atoms with Crippen molar-refractivity contribution in [2.75, 3.05) is 38.7 Å². The van der Waals surface area contributed by atoms with E-state index in [1.54, 1.807) is 43.2 Å². The summed E-state index contributed by atoms with van der Waals surface area (Å²) in [5, 5.41) is 11.0. The van der Waals surface area contributed by atoms with Gasteiger partial charge in [-0.25, -0.2) is 13.9 Å². The molecule has 2 aromatic heterocycles. The molecule has 41 heavy (non-hydrogen) atoms. The molecule has 1 aliphatic rings. The van der Waals surface area contributed by atoms with Crippen molar-refractivity contribution in [2.24, 2.45) is 7.05 Å². The van der Waals surface area contributed by atoms with Crippen molar-refractivity contribution in [2.45, 2.75) is 18.9 Å². The van der Waals surface area contributed by atoms with Crippen LogP contribution in [0.4, 0.5) is 15.0 Å². The molecular formula is C30H32ClFN6O3. The second-order valence-corrected chi connectivity index (χ2v) is 10.6. The van der Waals surface area contributed by atoms with Crippen LogP contribution in [0.2, 0.25) is 5.02 Å². The molecular weight excluding hydrogens is 547 g/mol. The molecule has 2 unspecified atom stereocenters. The van der Waals surface area contributed by atoms with E-state index in [4.69, 9.17) is 21.4 Å². The highest BCUT2D eigenvalue weighted by Crippen LogP contribution is 2.32. The number of amides is 2. The van der Waals surface area contributed by atoms with Crippen LogP contribution in [-0.2, 0) is 11.8 Å². The molecule has 2 atom stereocenters. The number of ether oxygens (including phenoxy) is 1. The first-order valence-corrected chi connectivity index (χ1v) is 13.7. The number of anilines is 1. The molecule has 2 amide bonds. The van der Waals surface area contributed by atoms with Gasteiger partial charge in [-0.1, -0.05) is 35.9 Å². The number of halogens is 2. The van der Waals surface area contributed by atoms with Gasteiger partial charge in [-0.3, -0.25) is 15.0 Å². The smallest absolute Gasteiger partial charge is 0.320 e. The van der Waals surface area contributed by atoms with Crippen LogP contribution >= 0.6 is 11.6 Å². The number of carbonyl (C=O) groups is 1. The molecule has 9 nitrogen and oxygen atoms in total. The Balaban J connectivity index is 1.44. The Kier molecular flexibility index (Phi) is 8.53. The molecule has 4 aromatic rings. The Morgan fingerprint density at radius 1 is 1.15 bits per heavy atom. The van der Waals surface area contributed by atoms with Gasteiger partial charge in [0.25, 0.3) is 0 Å². The van der Waals surface area contributed by atoms with Gasteiger partial charge >= 0.3 is 6.03 Å². The van der Waals surface area contributed by atoms with Gasteiger partial charge < -0.3 is 14.6 Å². The van der Waals surface area contributed by atoms with E-state index >= 15 is 0 Å². The molecule has 0 radical (unpaired) electrons. The molecule has 2 N–H and O–H groups in total. The van der Waals surface area contributed by atoms with E-state index in [1.807, 2.05) is 37.3 Å². The Morgan fingerprint density at radius 2 is 1.93 bits per heavy atom. The van der Waals surface area contributed by atoms with Crippen LogP contribution in [0.25, 0.3) is 16.9 Å². The minimum absolute atomic E-state index is 0.0503. The Labute approximate surface area is 242 Å². The van der Waals surface area contributed by atoms with Gasteiger partial charge in [0, 0.05) is 63.1 Å². The van der Waals surface area contributed by atoms with E-state index < -0.39 is 11.8 Å². The van der Waals surface area contributed by atoms with Crippen LogP contribution in [0.3, 0.4) is 0 Å². The zero-order valence-corrected chi connectivity index (χ0v) is 23.9. The van der Waals surface area contributed by atoms with Crippen molar-refractivity contribution < 1.29 is 13.9 Å². The van der Waals surface area contributed by atoms with E-state index in [1.165, 1.54) is 16.7 Å². The fraction of sp³-hybridized carbons (Fsp3) is 0.300. The average Bonchev–Trinajstić information content (AvgIpc) is 3.51. The van der Waals surface area contributed by atoms with Gasteiger partial charge in [0.2, 0.25) is 5.56 Å². The average molecular weight is 579 g/mol. The quantitative estimate of drug-likeness (QED) is 0.319. The number of aryl methyl sites for hydroxylation is 1. The first-order chi connectivity index (χ1) is 19.7. The number of nitrogens with zero attached hydrogens (tertiary/aromatic N) is 4. The number of nitrogens with one attached hydrogen (secondary N) is 2. The van der Waals surface area contributed by atoms with Gasteiger partial charge in [0.05, 0.1) is 29.1 Å². The first-order valence-electron chi connectivity index (χ1n) is 13.3. The highest BCUT2D eigenvalue weighted by molar-refractivity contribution is 6.30. The van der Waals surface area contributed by atoms with Gasteiger partial charge in [-0.05, 0) is 42.8 Å². The second kappa shape index (κ2) is 12.3. The molecule has 0 aliphatic carbocycles. The molecule has 11 heteroatoms. The normalized spacial score (nSPS) is 17.1. The van der Waals surface area contributed by atoms with Crippen molar-refractivity contribution in [3.63, 3.8) is 0 Å². The monoisotopic (exact) mass is 578 g/mol. The van der Waals surface area contributed by atoms with Crippen LogP contribution in [0.5, 0.6) is 0 Å². The number of likely N-dealkylation sites (tertiary alicyclic amines) is 1. The van der Waals surface area contributed by atoms with Gasteiger partial charge in [0.15, 0.2) is 0 Å². The third-order valence-electron chi connectivity index (χ3n) is 7.41. The molecule has 0 spiro atoms. The molecule has 3 heterocycles. The second-order valence-electron chi connectivity index (χ2n) is 10.2. The number of rotatable bonds is 8. The fourth-order valence-electron chi connectivity index (χ4n) is 5.23. The zero-order valence-electron chi connectivity index (χ0n) is 23.1. The van der Waals surface area contributed by atoms with Crippen molar-refractivity contribution >= 4 is 23.4 Å². The third-order valence-corrected chi connectivity index (χ3v) is 7.70. The predicted octanol–water partition coefficient (Wildman–Crippen LogP) is 4.57. The minimum Gasteiger partial charge on any atom is -0.383 e. The maximum Gasteiger partial charge on any atom is 0.320 e. The van der Waals surface area contributed by atoms with Gasteiger partial charge in [0.1, 0.15) is 11.6 Å². The van der Waals surface area contributed by atoms with Crippen LogP contribution in [-0.4, -0.2) is 64.7 Å². The standard InChI is InChI=1S/C30H32ClFN6O3/c1-19-28(21-10-12-27(39)36(2)16-21)35-38(22-7-5-4-6-8-22)29(19)34-30(40)33-26-18-37(13-14-41-3)17-23(26)20-9-11-25(32)24(31)15-20/h4-12,15-16,23,26H,13-14,17-18H2,1-3H3,(H2,33,34,40). The van der Waals surface area contributed by atoms with E-state index in [0.29, 0.717) is 37.8 Å². The lowest BCUT2D eigenvalue weighted by atomic mass is 9.94. The number of pyridine rings is 1. The minimum atomic E-state index is -0.481. The SMILES string of the molecule is COCCN1CC(NC(=O)Nc2c(C)c(-c3ccc(=O)n(C)c3)nn2-c2ccccc2)C(c2ccc(F)c(Cl)c2)C1. The number of hydrogen-bond donors (Lipinski definition) is 2. The summed E-state index contributed by atoms with van der Waals surface area (Å²) < 4.78 is 22.3. The van der Waals surface area contributed by atoms with Crippen LogP contribution in [0, 0.1) is 12.7 Å². The molecule has 2 aromatic carbocycles. The number of carbonyl (C=O) groups excluding carboxylic acids is 1. The highest BCUT2D eigenvalue weighted by Gasteiger charge is 2.35. The van der Waals surface area contributed by atoms with Crippen LogP contribution in [0.15, 0.2) is 71.7 Å².